The average Bonchev–Trinajstić information content (AvgIpc) is 2.59. The second kappa shape index (κ2) is 7.16. The van der Waals surface area contributed by atoms with Gasteiger partial charge in [0.05, 0.1) is 5.02 Å². The Morgan fingerprint density at radius 2 is 1.70 bits per heavy atom. The van der Waals surface area contributed by atoms with Gasteiger partial charge in [0.1, 0.15) is 5.75 Å². The fourth-order valence-corrected chi connectivity index (χ4v) is 2.50. The highest BCUT2D eigenvalue weighted by Gasteiger charge is 2.05. The molecule has 0 unspecified atom stereocenters. The van der Waals surface area contributed by atoms with Crippen LogP contribution in [0.3, 0.4) is 0 Å². The van der Waals surface area contributed by atoms with Gasteiger partial charge in [-0.3, -0.25) is 4.79 Å². The topological polar surface area (TPSA) is 38.3 Å². The number of amides is 1. The van der Waals surface area contributed by atoms with Crippen molar-refractivity contribution >= 4 is 28.3 Å². The highest BCUT2D eigenvalue weighted by molar-refractivity contribution is 6.32. The van der Waals surface area contributed by atoms with Crippen LogP contribution in [-0.2, 0) is 11.3 Å². The van der Waals surface area contributed by atoms with Gasteiger partial charge < -0.3 is 10.1 Å². The molecule has 0 saturated carbocycles. The Labute approximate surface area is 139 Å². The summed E-state index contributed by atoms with van der Waals surface area (Å²) in [6.45, 7) is 0.410. The van der Waals surface area contributed by atoms with Crippen molar-refractivity contribution < 1.29 is 9.53 Å². The van der Waals surface area contributed by atoms with Gasteiger partial charge in [0.15, 0.2) is 6.61 Å². The lowest BCUT2D eigenvalue weighted by Crippen LogP contribution is -2.28. The highest BCUT2D eigenvalue weighted by Crippen LogP contribution is 2.22. The van der Waals surface area contributed by atoms with Crippen molar-refractivity contribution in [2.24, 2.45) is 0 Å². The summed E-state index contributed by atoms with van der Waals surface area (Å²) in [6.07, 6.45) is 0. The second-order valence-corrected chi connectivity index (χ2v) is 5.58. The van der Waals surface area contributed by atoms with Crippen molar-refractivity contribution in [3.05, 3.63) is 77.3 Å². The molecule has 3 nitrogen and oxygen atoms in total. The average molecular weight is 326 g/mol. The van der Waals surface area contributed by atoms with E-state index >= 15 is 0 Å². The molecule has 0 bridgehead atoms. The molecule has 0 saturated heterocycles. The lowest BCUT2D eigenvalue weighted by molar-refractivity contribution is -0.123. The maximum atomic E-state index is 11.9. The zero-order valence-corrected chi connectivity index (χ0v) is 13.2. The molecule has 116 valence electrons. The van der Waals surface area contributed by atoms with E-state index in [9.17, 15) is 4.79 Å². The molecule has 1 N–H and O–H groups in total. The van der Waals surface area contributed by atoms with Gasteiger partial charge in [-0.1, -0.05) is 60.1 Å². The molecule has 0 radical (unpaired) electrons. The number of halogens is 1. The zero-order chi connectivity index (χ0) is 16.1. The summed E-state index contributed by atoms with van der Waals surface area (Å²) >= 11 is 5.98. The van der Waals surface area contributed by atoms with E-state index in [1.807, 2.05) is 30.3 Å². The second-order valence-electron chi connectivity index (χ2n) is 5.18. The van der Waals surface area contributed by atoms with E-state index in [2.05, 4.69) is 29.6 Å². The molecule has 0 aliphatic heterocycles. The van der Waals surface area contributed by atoms with Crippen molar-refractivity contribution in [3.8, 4) is 5.75 Å². The molecule has 23 heavy (non-hydrogen) atoms. The number of carbonyl (C=O) groups excluding carboxylic acids is 1. The van der Waals surface area contributed by atoms with Crippen LogP contribution in [0.2, 0.25) is 5.02 Å². The van der Waals surface area contributed by atoms with Crippen LogP contribution in [0.25, 0.3) is 10.8 Å². The number of benzene rings is 3. The molecule has 1 amide bonds. The van der Waals surface area contributed by atoms with E-state index in [1.165, 1.54) is 5.39 Å². The predicted molar refractivity (Wildman–Crippen MR) is 92.7 cm³/mol. The Morgan fingerprint density at radius 3 is 2.52 bits per heavy atom. The first-order valence-corrected chi connectivity index (χ1v) is 7.72. The van der Waals surface area contributed by atoms with Crippen molar-refractivity contribution in [2.45, 2.75) is 6.54 Å². The van der Waals surface area contributed by atoms with Gasteiger partial charge in [-0.2, -0.15) is 0 Å². The van der Waals surface area contributed by atoms with Gasteiger partial charge in [0, 0.05) is 6.54 Å². The standard InChI is InChI=1S/C19H16ClNO2/c20-17-7-3-4-8-18(17)23-13-19(22)21-12-14-9-10-15-5-1-2-6-16(15)11-14/h1-11H,12-13H2,(H,21,22). The summed E-state index contributed by atoms with van der Waals surface area (Å²) in [5.74, 6) is 0.327. The van der Waals surface area contributed by atoms with Gasteiger partial charge in [0.25, 0.3) is 5.91 Å². The minimum absolute atomic E-state index is 0.0582. The van der Waals surface area contributed by atoms with Gasteiger partial charge >= 0.3 is 0 Å². The summed E-state index contributed by atoms with van der Waals surface area (Å²) in [4.78, 5) is 11.9. The first kappa shape index (κ1) is 15.4. The largest absolute Gasteiger partial charge is 0.482 e. The third-order valence-electron chi connectivity index (χ3n) is 3.50. The number of carbonyl (C=O) groups is 1. The minimum Gasteiger partial charge on any atom is -0.482 e. The Balaban J connectivity index is 1.54. The Bertz CT molecular complexity index is 832. The maximum Gasteiger partial charge on any atom is 0.258 e. The number of para-hydroxylation sites is 1. The third-order valence-corrected chi connectivity index (χ3v) is 3.81. The summed E-state index contributed by atoms with van der Waals surface area (Å²) in [5.41, 5.74) is 1.05. The maximum absolute atomic E-state index is 11.9. The molecule has 0 aliphatic rings. The molecule has 3 aromatic carbocycles. The third kappa shape index (κ3) is 4.02. The molecule has 0 aliphatic carbocycles. The SMILES string of the molecule is O=C(COc1ccccc1Cl)NCc1ccc2ccccc2c1. The number of rotatable bonds is 5. The van der Waals surface area contributed by atoms with E-state index in [1.54, 1.807) is 12.1 Å². The van der Waals surface area contributed by atoms with Gasteiger partial charge in [-0.15, -0.1) is 0 Å². The number of fused-ring (bicyclic) bond motifs is 1. The Morgan fingerprint density at radius 1 is 0.957 bits per heavy atom. The number of nitrogens with one attached hydrogen (secondary N) is 1. The molecular formula is C19H16ClNO2. The van der Waals surface area contributed by atoms with E-state index in [4.69, 9.17) is 16.3 Å². The molecule has 4 heteroatoms. The van der Waals surface area contributed by atoms with E-state index in [0.717, 1.165) is 10.9 Å². The summed E-state index contributed by atoms with van der Waals surface area (Å²) in [7, 11) is 0. The molecule has 0 atom stereocenters. The quantitative estimate of drug-likeness (QED) is 0.764. The van der Waals surface area contributed by atoms with Crippen LogP contribution in [0.4, 0.5) is 0 Å². The summed E-state index contributed by atoms with van der Waals surface area (Å²) in [5, 5.41) is 5.69. The van der Waals surface area contributed by atoms with E-state index < -0.39 is 0 Å². The van der Waals surface area contributed by atoms with Gasteiger partial charge in [-0.05, 0) is 34.5 Å². The first-order valence-electron chi connectivity index (χ1n) is 7.34. The highest BCUT2D eigenvalue weighted by atomic mass is 35.5. The summed E-state index contributed by atoms with van der Waals surface area (Å²) < 4.78 is 5.41. The number of ether oxygens (including phenoxy) is 1. The van der Waals surface area contributed by atoms with Crippen LogP contribution < -0.4 is 10.1 Å². The van der Waals surface area contributed by atoms with Crippen LogP contribution >= 0.6 is 11.6 Å². The summed E-state index contributed by atoms with van der Waals surface area (Å²) in [6, 6.07) is 21.4. The smallest absolute Gasteiger partial charge is 0.258 e. The van der Waals surface area contributed by atoms with Crippen LogP contribution in [0.1, 0.15) is 5.56 Å². The van der Waals surface area contributed by atoms with Crippen LogP contribution in [-0.4, -0.2) is 12.5 Å². The van der Waals surface area contributed by atoms with Crippen LogP contribution in [0, 0.1) is 0 Å². The number of hydrogen-bond acceptors (Lipinski definition) is 2. The molecule has 0 fully saturated rings. The Kier molecular flexibility index (Phi) is 4.79. The fraction of sp³-hybridized carbons (Fsp3) is 0.105. The zero-order valence-electron chi connectivity index (χ0n) is 12.5. The molecule has 3 rings (SSSR count). The van der Waals surface area contributed by atoms with Crippen molar-refractivity contribution in [2.75, 3.05) is 6.61 Å². The van der Waals surface area contributed by atoms with Gasteiger partial charge in [-0.25, -0.2) is 0 Å². The molecular weight excluding hydrogens is 310 g/mol. The number of hydrogen-bond donors (Lipinski definition) is 1. The fourth-order valence-electron chi connectivity index (χ4n) is 2.31. The minimum atomic E-state index is -0.182. The van der Waals surface area contributed by atoms with Crippen molar-refractivity contribution in [1.82, 2.24) is 5.32 Å². The normalized spacial score (nSPS) is 10.5. The predicted octanol–water partition coefficient (Wildman–Crippen LogP) is 4.19. The molecule has 0 spiro atoms. The lowest BCUT2D eigenvalue weighted by Gasteiger charge is -2.09. The van der Waals surface area contributed by atoms with Gasteiger partial charge in [0.2, 0.25) is 0 Å². The first-order chi connectivity index (χ1) is 11.2. The van der Waals surface area contributed by atoms with Crippen molar-refractivity contribution in [1.29, 1.82) is 0 Å². The lowest BCUT2D eigenvalue weighted by atomic mass is 10.1. The molecule has 0 heterocycles. The van der Waals surface area contributed by atoms with E-state index in [-0.39, 0.29) is 12.5 Å². The Hall–Kier alpha value is -2.52. The van der Waals surface area contributed by atoms with Crippen molar-refractivity contribution in [3.63, 3.8) is 0 Å². The monoisotopic (exact) mass is 325 g/mol. The van der Waals surface area contributed by atoms with Crippen LogP contribution in [0.15, 0.2) is 66.7 Å². The van der Waals surface area contributed by atoms with E-state index in [0.29, 0.717) is 17.3 Å². The van der Waals surface area contributed by atoms with Crippen LogP contribution in [0.5, 0.6) is 5.75 Å². The molecule has 0 aromatic heterocycles. The molecule has 3 aromatic rings.